The summed E-state index contributed by atoms with van der Waals surface area (Å²) in [6.07, 6.45) is 0. The van der Waals surface area contributed by atoms with Crippen LogP contribution in [-0.4, -0.2) is 31.5 Å². The van der Waals surface area contributed by atoms with E-state index in [1.54, 1.807) is 42.5 Å². The van der Waals surface area contributed by atoms with E-state index in [4.69, 9.17) is 9.47 Å². The summed E-state index contributed by atoms with van der Waals surface area (Å²) in [6, 6.07) is 30.7. The maximum Gasteiger partial charge on any atom is 0.339 e. The van der Waals surface area contributed by atoms with Crippen LogP contribution in [0.2, 0.25) is 0 Å². The molecule has 0 saturated carbocycles. The third-order valence-corrected chi connectivity index (χ3v) is 6.10. The largest absolute Gasteiger partial charge is 0.495 e. The van der Waals surface area contributed by atoms with Crippen molar-refractivity contribution < 1.29 is 23.9 Å². The number of nitrogens with one attached hydrogen (secondary N) is 2. The van der Waals surface area contributed by atoms with Gasteiger partial charge in [-0.25, -0.2) is 4.79 Å². The number of amides is 2. The van der Waals surface area contributed by atoms with Crippen LogP contribution in [0.15, 0.2) is 103 Å². The lowest BCUT2D eigenvalue weighted by atomic mass is 9.97. The number of methoxy groups -OCH3 is 1. The zero-order valence-electron chi connectivity index (χ0n) is 20.6. The highest BCUT2D eigenvalue weighted by molar-refractivity contribution is 6.16. The SMILES string of the molecule is COc1ccccc1NC(=O)c1ccc(NC(=O)COC(=O)c2c3ccccc3cc3ccccc23)cc1. The molecule has 0 saturated heterocycles. The Morgan fingerprint density at radius 1 is 0.711 bits per heavy atom. The summed E-state index contributed by atoms with van der Waals surface area (Å²) in [5.41, 5.74) is 1.86. The molecule has 0 fully saturated rings. The Labute approximate surface area is 219 Å². The number of fused-ring (bicyclic) bond motifs is 2. The Morgan fingerprint density at radius 3 is 1.97 bits per heavy atom. The van der Waals surface area contributed by atoms with Crippen molar-refractivity contribution in [1.29, 1.82) is 0 Å². The molecule has 0 aromatic heterocycles. The predicted molar refractivity (Wildman–Crippen MR) is 148 cm³/mol. The molecule has 188 valence electrons. The zero-order chi connectivity index (χ0) is 26.5. The van der Waals surface area contributed by atoms with Crippen LogP contribution in [-0.2, 0) is 9.53 Å². The zero-order valence-corrected chi connectivity index (χ0v) is 20.6. The molecule has 7 nitrogen and oxygen atoms in total. The summed E-state index contributed by atoms with van der Waals surface area (Å²) in [4.78, 5) is 38.2. The number of anilines is 2. The van der Waals surface area contributed by atoms with Crippen LogP contribution in [0.25, 0.3) is 21.5 Å². The van der Waals surface area contributed by atoms with E-state index < -0.39 is 18.5 Å². The molecule has 2 N–H and O–H groups in total. The van der Waals surface area contributed by atoms with Crippen molar-refractivity contribution in [3.05, 3.63) is 114 Å². The second-order valence-corrected chi connectivity index (χ2v) is 8.55. The normalized spacial score (nSPS) is 10.7. The Morgan fingerprint density at radius 2 is 1.32 bits per heavy atom. The summed E-state index contributed by atoms with van der Waals surface area (Å²) in [5.74, 6) is -0.829. The Balaban J connectivity index is 1.23. The first-order chi connectivity index (χ1) is 18.5. The quantitative estimate of drug-likeness (QED) is 0.208. The molecule has 0 radical (unpaired) electrons. The highest BCUT2D eigenvalue weighted by atomic mass is 16.5. The van der Waals surface area contributed by atoms with Gasteiger partial charge in [-0.1, -0.05) is 60.7 Å². The lowest BCUT2D eigenvalue weighted by Gasteiger charge is -2.12. The van der Waals surface area contributed by atoms with E-state index in [1.165, 1.54) is 7.11 Å². The minimum atomic E-state index is -0.573. The van der Waals surface area contributed by atoms with Gasteiger partial charge in [0.1, 0.15) is 5.75 Å². The van der Waals surface area contributed by atoms with Gasteiger partial charge in [0.2, 0.25) is 0 Å². The first-order valence-corrected chi connectivity index (χ1v) is 12.0. The summed E-state index contributed by atoms with van der Waals surface area (Å²) < 4.78 is 10.7. The van der Waals surface area contributed by atoms with Crippen LogP contribution in [0.3, 0.4) is 0 Å². The minimum Gasteiger partial charge on any atom is -0.495 e. The maximum absolute atomic E-state index is 13.1. The number of ether oxygens (including phenoxy) is 2. The number of rotatable bonds is 7. The van der Waals surface area contributed by atoms with Crippen molar-refractivity contribution in [3.8, 4) is 5.75 Å². The Hall–Kier alpha value is -5.17. The highest BCUT2D eigenvalue weighted by Crippen LogP contribution is 2.29. The lowest BCUT2D eigenvalue weighted by Crippen LogP contribution is -2.21. The third-order valence-electron chi connectivity index (χ3n) is 6.10. The molecular weight excluding hydrogens is 480 g/mol. The molecule has 0 bridgehead atoms. The van der Waals surface area contributed by atoms with Crippen molar-refractivity contribution in [3.63, 3.8) is 0 Å². The molecule has 0 spiro atoms. The van der Waals surface area contributed by atoms with Crippen molar-refractivity contribution >= 4 is 50.7 Å². The van der Waals surface area contributed by atoms with Gasteiger partial charge < -0.3 is 20.1 Å². The monoisotopic (exact) mass is 504 g/mol. The molecule has 5 rings (SSSR count). The third kappa shape index (κ3) is 5.17. The molecule has 5 aromatic carbocycles. The molecule has 0 heterocycles. The fraction of sp³-hybridized carbons (Fsp3) is 0.0645. The average Bonchev–Trinajstić information content (AvgIpc) is 2.95. The van der Waals surface area contributed by atoms with Crippen molar-refractivity contribution in [2.24, 2.45) is 0 Å². The number of para-hydroxylation sites is 2. The van der Waals surface area contributed by atoms with Gasteiger partial charge in [0, 0.05) is 11.3 Å². The molecule has 0 aliphatic carbocycles. The fourth-order valence-corrected chi connectivity index (χ4v) is 4.28. The van der Waals surface area contributed by atoms with Gasteiger partial charge in [0.05, 0.1) is 18.4 Å². The maximum atomic E-state index is 13.1. The molecule has 38 heavy (non-hydrogen) atoms. The van der Waals surface area contributed by atoms with Gasteiger partial charge in [0.25, 0.3) is 11.8 Å². The van der Waals surface area contributed by atoms with E-state index in [0.29, 0.717) is 28.3 Å². The topological polar surface area (TPSA) is 93.7 Å². The van der Waals surface area contributed by atoms with Gasteiger partial charge in [-0.05, 0) is 64.0 Å². The van der Waals surface area contributed by atoms with Gasteiger partial charge in [-0.15, -0.1) is 0 Å². The summed E-state index contributed by atoms with van der Waals surface area (Å²) in [5, 5.41) is 8.85. The van der Waals surface area contributed by atoms with E-state index in [0.717, 1.165) is 21.5 Å². The molecular formula is C31H24N2O5. The van der Waals surface area contributed by atoms with E-state index in [-0.39, 0.29) is 5.91 Å². The van der Waals surface area contributed by atoms with Crippen LogP contribution in [0.1, 0.15) is 20.7 Å². The van der Waals surface area contributed by atoms with E-state index in [9.17, 15) is 14.4 Å². The highest BCUT2D eigenvalue weighted by Gasteiger charge is 2.18. The summed E-state index contributed by atoms with van der Waals surface area (Å²) in [7, 11) is 1.53. The van der Waals surface area contributed by atoms with E-state index >= 15 is 0 Å². The van der Waals surface area contributed by atoms with Gasteiger partial charge in [-0.2, -0.15) is 0 Å². The Kier molecular flexibility index (Phi) is 6.99. The number of carbonyl (C=O) groups is 3. The first-order valence-electron chi connectivity index (χ1n) is 12.0. The lowest BCUT2D eigenvalue weighted by molar-refractivity contribution is -0.119. The number of hydrogen-bond donors (Lipinski definition) is 2. The number of esters is 1. The number of benzene rings is 5. The molecule has 7 heteroatoms. The molecule has 2 amide bonds. The van der Waals surface area contributed by atoms with Crippen molar-refractivity contribution in [1.82, 2.24) is 0 Å². The summed E-state index contributed by atoms with van der Waals surface area (Å²) in [6.45, 7) is -0.452. The number of carbonyl (C=O) groups excluding carboxylic acids is 3. The average molecular weight is 505 g/mol. The second kappa shape index (κ2) is 10.8. The van der Waals surface area contributed by atoms with E-state index in [2.05, 4.69) is 10.6 Å². The molecule has 0 aliphatic heterocycles. The van der Waals surface area contributed by atoms with Crippen molar-refractivity contribution in [2.75, 3.05) is 24.4 Å². The Bertz CT molecular complexity index is 1610. The molecule has 5 aromatic rings. The molecule has 0 aliphatic rings. The van der Waals surface area contributed by atoms with Crippen molar-refractivity contribution in [2.45, 2.75) is 0 Å². The minimum absolute atomic E-state index is 0.316. The van der Waals surface area contributed by atoms with Crippen LogP contribution in [0.5, 0.6) is 5.75 Å². The van der Waals surface area contributed by atoms with Crippen LogP contribution in [0, 0.1) is 0 Å². The summed E-state index contributed by atoms with van der Waals surface area (Å²) >= 11 is 0. The fourth-order valence-electron chi connectivity index (χ4n) is 4.28. The molecule has 0 atom stereocenters. The van der Waals surface area contributed by atoms with Gasteiger partial charge >= 0.3 is 5.97 Å². The molecule has 0 unspecified atom stereocenters. The van der Waals surface area contributed by atoms with Crippen LogP contribution in [0.4, 0.5) is 11.4 Å². The van der Waals surface area contributed by atoms with E-state index in [1.807, 2.05) is 60.7 Å². The van der Waals surface area contributed by atoms with Gasteiger partial charge in [-0.3, -0.25) is 9.59 Å². The standard InChI is InChI=1S/C31H24N2O5/c1-37-27-13-7-6-12-26(27)33-30(35)20-14-16-23(17-15-20)32-28(34)19-38-31(36)29-24-10-4-2-8-21(24)18-22-9-3-5-11-25(22)29/h2-18H,19H2,1H3,(H,32,34)(H,33,35). The predicted octanol–water partition coefficient (Wildman–Crippen LogP) is 6.05. The van der Waals surface area contributed by atoms with Crippen LogP contribution < -0.4 is 15.4 Å². The second-order valence-electron chi connectivity index (χ2n) is 8.55. The first kappa shape index (κ1) is 24.5. The van der Waals surface area contributed by atoms with Crippen LogP contribution >= 0.6 is 0 Å². The number of hydrogen-bond acceptors (Lipinski definition) is 5. The smallest absolute Gasteiger partial charge is 0.339 e. The van der Waals surface area contributed by atoms with Gasteiger partial charge in [0.15, 0.2) is 6.61 Å².